The summed E-state index contributed by atoms with van der Waals surface area (Å²) in [5, 5.41) is 0. The lowest BCUT2D eigenvalue weighted by atomic mass is 10.1. The van der Waals surface area contributed by atoms with Crippen molar-refractivity contribution in [3.63, 3.8) is 0 Å². The van der Waals surface area contributed by atoms with Gasteiger partial charge in [-0.15, -0.1) is 0 Å². The normalized spacial score (nSPS) is 10.3. The molecular formula is C17H19NOS. The van der Waals surface area contributed by atoms with Crippen LogP contribution in [-0.2, 0) is 6.42 Å². The Labute approximate surface area is 125 Å². The first kappa shape index (κ1) is 14.5. The Bertz CT molecular complexity index is 605. The summed E-state index contributed by atoms with van der Waals surface area (Å²) in [7, 11) is 0. The first-order valence-electron chi connectivity index (χ1n) is 6.77. The van der Waals surface area contributed by atoms with Crippen molar-refractivity contribution >= 4 is 17.2 Å². The Hall–Kier alpha value is -1.87. The second-order valence-corrected chi connectivity index (χ2v) is 5.28. The van der Waals surface area contributed by atoms with E-state index in [-0.39, 0.29) is 0 Å². The fourth-order valence-corrected chi connectivity index (χ4v) is 2.35. The lowest BCUT2D eigenvalue weighted by Crippen LogP contribution is -2.10. The molecular weight excluding hydrogens is 266 g/mol. The minimum Gasteiger partial charge on any atom is -0.457 e. The summed E-state index contributed by atoms with van der Waals surface area (Å²) in [6.45, 7) is 4.16. The molecule has 0 fully saturated rings. The lowest BCUT2D eigenvalue weighted by Gasteiger charge is -2.09. The topological polar surface area (TPSA) is 35.2 Å². The molecule has 0 heterocycles. The van der Waals surface area contributed by atoms with Gasteiger partial charge in [0.05, 0.1) is 0 Å². The van der Waals surface area contributed by atoms with Gasteiger partial charge in [-0.05, 0) is 54.8 Å². The number of benzene rings is 2. The molecule has 2 N–H and O–H groups in total. The van der Waals surface area contributed by atoms with Crippen LogP contribution in [0.2, 0.25) is 0 Å². The van der Waals surface area contributed by atoms with Gasteiger partial charge in [0.1, 0.15) is 16.5 Å². The van der Waals surface area contributed by atoms with E-state index in [0.29, 0.717) is 4.99 Å². The fourth-order valence-electron chi connectivity index (χ4n) is 2.13. The number of thiocarbonyl (C=S) groups is 1. The Morgan fingerprint density at radius 2 is 1.75 bits per heavy atom. The van der Waals surface area contributed by atoms with Gasteiger partial charge in [-0.25, -0.2) is 0 Å². The van der Waals surface area contributed by atoms with Crippen LogP contribution < -0.4 is 10.5 Å². The van der Waals surface area contributed by atoms with Crippen molar-refractivity contribution in [2.24, 2.45) is 5.73 Å². The van der Waals surface area contributed by atoms with Crippen LogP contribution >= 0.6 is 12.2 Å². The van der Waals surface area contributed by atoms with Gasteiger partial charge < -0.3 is 10.5 Å². The lowest BCUT2D eigenvalue weighted by molar-refractivity contribution is 0.482. The standard InChI is InChI=1S/C17H19NOS/c1-3-4-13-5-7-14(8-6-13)19-15-9-10-16(17(18)20)12(2)11-15/h5-11H,3-4H2,1-2H3,(H2,18,20). The van der Waals surface area contributed by atoms with Gasteiger partial charge in [0.25, 0.3) is 0 Å². The van der Waals surface area contributed by atoms with Crippen LogP contribution in [0.5, 0.6) is 11.5 Å². The van der Waals surface area contributed by atoms with E-state index in [2.05, 4.69) is 19.1 Å². The highest BCUT2D eigenvalue weighted by atomic mass is 32.1. The monoisotopic (exact) mass is 285 g/mol. The van der Waals surface area contributed by atoms with Crippen molar-refractivity contribution in [2.75, 3.05) is 0 Å². The second kappa shape index (κ2) is 6.53. The maximum absolute atomic E-state index is 5.84. The van der Waals surface area contributed by atoms with Crippen LogP contribution in [0, 0.1) is 6.92 Å². The summed E-state index contributed by atoms with van der Waals surface area (Å²) >= 11 is 5.00. The molecule has 0 bridgehead atoms. The molecule has 20 heavy (non-hydrogen) atoms. The first-order valence-corrected chi connectivity index (χ1v) is 7.18. The molecule has 0 unspecified atom stereocenters. The Balaban J connectivity index is 2.13. The van der Waals surface area contributed by atoms with Gasteiger partial charge in [0.2, 0.25) is 0 Å². The third kappa shape index (κ3) is 3.58. The number of rotatable bonds is 5. The van der Waals surface area contributed by atoms with Gasteiger partial charge in [0.15, 0.2) is 0 Å². The number of hydrogen-bond acceptors (Lipinski definition) is 2. The van der Waals surface area contributed by atoms with E-state index in [4.69, 9.17) is 22.7 Å². The van der Waals surface area contributed by atoms with Gasteiger partial charge in [0, 0.05) is 5.56 Å². The largest absolute Gasteiger partial charge is 0.457 e. The highest BCUT2D eigenvalue weighted by Gasteiger charge is 2.04. The zero-order valence-electron chi connectivity index (χ0n) is 11.8. The molecule has 2 aromatic rings. The van der Waals surface area contributed by atoms with Crippen LogP contribution in [0.4, 0.5) is 0 Å². The molecule has 0 saturated carbocycles. The Morgan fingerprint density at radius 3 is 2.30 bits per heavy atom. The van der Waals surface area contributed by atoms with E-state index in [0.717, 1.165) is 35.5 Å². The molecule has 104 valence electrons. The van der Waals surface area contributed by atoms with Crippen LogP contribution in [0.15, 0.2) is 42.5 Å². The smallest absolute Gasteiger partial charge is 0.127 e. The predicted octanol–water partition coefficient (Wildman–Crippen LogP) is 4.37. The summed E-state index contributed by atoms with van der Waals surface area (Å²) in [5.74, 6) is 1.64. The summed E-state index contributed by atoms with van der Waals surface area (Å²) in [6, 6.07) is 14.0. The number of nitrogens with two attached hydrogens (primary N) is 1. The molecule has 0 spiro atoms. The summed E-state index contributed by atoms with van der Waals surface area (Å²) in [6.07, 6.45) is 2.25. The maximum Gasteiger partial charge on any atom is 0.127 e. The van der Waals surface area contributed by atoms with Crippen molar-refractivity contribution < 1.29 is 4.74 Å². The summed E-state index contributed by atoms with van der Waals surface area (Å²) in [4.78, 5) is 0.415. The van der Waals surface area contributed by atoms with Gasteiger partial charge in [-0.1, -0.05) is 37.7 Å². The van der Waals surface area contributed by atoms with Crippen LogP contribution in [0.1, 0.15) is 30.0 Å². The van der Waals surface area contributed by atoms with E-state index in [1.54, 1.807) is 0 Å². The maximum atomic E-state index is 5.84. The predicted molar refractivity (Wildman–Crippen MR) is 87.6 cm³/mol. The average molecular weight is 285 g/mol. The van der Waals surface area contributed by atoms with E-state index in [9.17, 15) is 0 Å². The molecule has 0 aliphatic heterocycles. The van der Waals surface area contributed by atoms with Crippen molar-refractivity contribution in [3.05, 3.63) is 59.2 Å². The average Bonchev–Trinajstić information content (AvgIpc) is 2.41. The molecule has 0 amide bonds. The van der Waals surface area contributed by atoms with Crippen molar-refractivity contribution in [1.29, 1.82) is 0 Å². The quantitative estimate of drug-likeness (QED) is 0.828. The van der Waals surface area contributed by atoms with Crippen molar-refractivity contribution in [3.8, 4) is 11.5 Å². The molecule has 2 aromatic carbocycles. The van der Waals surface area contributed by atoms with Crippen LogP contribution in [0.3, 0.4) is 0 Å². The van der Waals surface area contributed by atoms with Crippen LogP contribution in [-0.4, -0.2) is 4.99 Å². The molecule has 0 aliphatic carbocycles. The number of ether oxygens (including phenoxy) is 1. The molecule has 2 nitrogen and oxygen atoms in total. The molecule has 0 radical (unpaired) electrons. The molecule has 0 aromatic heterocycles. The number of hydrogen-bond donors (Lipinski definition) is 1. The summed E-state index contributed by atoms with van der Waals surface area (Å²) < 4.78 is 5.84. The third-order valence-corrected chi connectivity index (χ3v) is 3.38. The zero-order chi connectivity index (χ0) is 14.5. The molecule has 0 atom stereocenters. The van der Waals surface area contributed by atoms with Crippen LogP contribution in [0.25, 0.3) is 0 Å². The first-order chi connectivity index (χ1) is 9.60. The van der Waals surface area contributed by atoms with E-state index < -0.39 is 0 Å². The van der Waals surface area contributed by atoms with Gasteiger partial charge >= 0.3 is 0 Å². The zero-order valence-corrected chi connectivity index (χ0v) is 12.7. The van der Waals surface area contributed by atoms with Gasteiger partial charge in [-0.2, -0.15) is 0 Å². The summed E-state index contributed by atoms with van der Waals surface area (Å²) in [5.41, 5.74) is 8.91. The van der Waals surface area contributed by atoms with E-state index in [1.165, 1.54) is 5.56 Å². The van der Waals surface area contributed by atoms with Crippen molar-refractivity contribution in [1.82, 2.24) is 0 Å². The van der Waals surface area contributed by atoms with E-state index >= 15 is 0 Å². The highest BCUT2D eigenvalue weighted by Crippen LogP contribution is 2.24. The highest BCUT2D eigenvalue weighted by molar-refractivity contribution is 7.80. The molecule has 0 aliphatic rings. The number of aryl methyl sites for hydroxylation is 2. The third-order valence-electron chi connectivity index (χ3n) is 3.16. The molecule has 0 saturated heterocycles. The fraction of sp³-hybridized carbons (Fsp3) is 0.235. The SMILES string of the molecule is CCCc1ccc(Oc2ccc(C(N)=S)c(C)c2)cc1. The van der Waals surface area contributed by atoms with Crippen molar-refractivity contribution in [2.45, 2.75) is 26.7 Å². The molecule has 2 rings (SSSR count). The minimum atomic E-state index is 0.415. The minimum absolute atomic E-state index is 0.415. The van der Waals surface area contributed by atoms with E-state index in [1.807, 2.05) is 37.3 Å². The Kier molecular flexibility index (Phi) is 4.74. The molecule has 3 heteroatoms. The van der Waals surface area contributed by atoms with Gasteiger partial charge in [-0.3, -0.25) is 0 Å². The second-order valence-electron chi connectivity index (χ2n) is 4.84. The Morgan fingerprint density at radius 1 is 1.10 bits per heavy atom.